The van der Waals surface area contributed by atoms with Gasteiger partial charge in [0.15, 0.2) is 0 Å². The minimum Gasteiger partial charge on any atom is -0.495 e. The highest BCUT2D eigenvalue weighted by Gasteiger charge is 2.31. The van der Waals surface area contributed by atoms with Gasteiger partial charge in [0.1, 0.15) is 5.75 Å². The number of methoxy groups -OCH3 is 1. The Hall–Kier alpha value is -3.39. The number of hydrogen-bond acceptors (Lipinski definition) is 5. The molecule has 192 valence electrons. The molecule has 1 heterocycles. The van der Waals surface area contributed by atoms with Crippen molar-refractivity contribution in [3.8, 4) is 5.75 Å². The van der Waals surface area contributed by atoms with E-state index in [2.05, 4.69) is 15.5 Å². The molecule has 0 spiro atoms. The molecule has 36 heavy (non-hydrogen) atoms. The quantitative estimate of drug-likeness (QED) is 0.610. The first kappa shape index (κ1) is 25.7. The number of para-hydroxylation sites is 2. The molecule has 0 radical (unpaired) electrons. The van der Waals surface area contributed by atoms with Gasteiger partial charge in [0, 0.05) is 43.3 Å². The van der Waals surface area contributed by atoms with Gasteiger partial charge in [-0.15, -0.1) is 0 Å². The van der Waals surface area contributed by atoms with E-state index in [4.69, 9.17) is 4.74 Å². The lowest BCUT2D eigenvalue weighted by atomic mass is 9.88. The van der Waals surface area contributed by atoms with Gasteiger partial charge in [-0.25, -0.2) is 0 Å². The van der Waals surface area contributed by atoms with E-state index in [0.29, 0.717) is 54.8 Å². The van der Waals surface area contributed by atoms with Crippen LogP contribution in [0, 0.1) is 5.92 Å². The molecule has 1 atom stereocenters. The van der Waals surface area contributed by atoms with Crippen LogP contribution in [-0.2, 0) is 9.59 Å². The first-order chi connectivity index (χ1) is 17.5. The molecular weight excluding hydrogens is 456 g/mol. The van der Waals surface area contributed by atoms with E-state index < -0.39 is 0 Å². The molecule has 2 N–H and O–H groups in total. The number of amides is 3. The molecule has 2 aromatic carbocycles. The van der Waals surface area contributed by atoms with Crippen LogP contribution in [-0.4, -0.2) is 66.9 Å². The standard InChI is InChI=1S/C28H36N4O4/c1-20(31-16-18-32(19-17-31)28(35)22-8-4-3-5-9-22)26(33)29-23-14-12-21(13-15-23)27(34)30-24-10-6-7-11-25(24)36-2/h6-7,10-15,20,22H,3-5,8-9,16-19H2,1-2H3,(H,29,33)(H,30,34). The van der Waals surface area contributed by atoms with Gasteiger partial charge < -0.3 is 20.3 Å². The second-order valence-corrected chi connectivity index (χ2v) is 9.59. The van der Waals surface area contributed by atoms with Crippen molar-refractivity contribution in [1.82, 2.24) is 9.80 Å². The Morgan fingerprint density at radius 3 is 2.22 bits per heavy atom. The summed E-state index contributed by atoms with van der Waals surface area (Å²) in [5, 5.41) is 5.79. The molecule has 3 amide bonds. The SMILES string of the molecule is COc1ccccc1NC(=O)c1ccc(NC(=O)C(C)N2CCN(C(=O)C3CCCCC3)CC2)cc1. The molecule has 2 aliphatic rings. The fourth-order valence-electron chi connectivity index (χ4n) is 5.00. The van der Waals surface area contributed by atoms with Crippen molar-refractivity contribution in [2.45, 2.75) is 45.1 Å². The highest BCUT2D eigenvalue weighted by Crippen LogP contribution is 2.26. The maximum Gasteiger partial charge on any atom is 0.255 e. The van der Waals surface area contributed by atoms with Gasteiger partial charge in [-0.2, -0.15) is 0 Å². The van der Waals surface area contributed by atoms with E-state index >= 15 is 0 Å². The average Bonchev–Trinajstić information content (AvgIpc) is 2.93. The number of hydrogen-bond donors (Lipinski definition) is 2. The first-order valence-corrected chi connectivity index (χ1v) is 12.8. The third kappa shape index (κ3) is 6.23. The lowest BCUT2D eigenvalue weighted by Crippen LogP contribution is -2.55. The van der Waals surface area contributed by atoms with E-state index in [9.17, 15) is 14.4 Å². The number of benzene rings is 2. The highest BCUT2D eigenvalue weighted by molar-refractivity contribution is 6.05. The van der Waals surface area contributed by atoms with Crippen molar-refractivity contribution in [3.05, 3.63) is 54.1 Å². The first-order valence-electron chi connectivity index (χ1n) is 12.8. The van der Waals surface area contributed by atoms with Gasteiger partial charge in [-0.1, -0.05) is 31.4 Å². The fourth-order valence-corrected chi connectivity index (χ4v) is 5.00. The van der Waals surface area contributed by atoms with E-state index in [1.54, 1.807) is 43.5 Å². The van der Waals surface area contributed by atoms with Crippen LogP contribution in [0.3, 0.4) is 0 Å². The summed E-state index contributed by atoms with van der Waals surface area (Å²) in [6, 6.07) is 13.7. The zero-order valence-electron chi connectivity index (χ0n) is 21.2. The van der Waals surface area contributed by atoms with Crippen molar-refractivity contribution in [2.24, 2.45) is 5.92 Å². The summed E-state index contributed by atoms with van der Waals surface area (Å²) in [5.74, 6) is 0.703. The van der Waals surface area contributed by atoms with Crippen LogP contribution >= 0.6 is 0 Å². The Kier molecular flexibility index (Phi) is 8.59. The van der Waals surface area contributed by atoms with E-state index in [0.717, 1.165) is 25.7 Å². The monoisotopic (exact) mass is 492 g/mol. The number of carbonyl (C=O) groups is 3. The van der Waals surface area contributed by atoms with Gasteiger partial charge in [0.05, 0.1) is 18.8 Å². The number of rotatable bonds is 7. The Bertz CT molecular complexity index is 1060. The molecule has 2 fully saturated rings. The molecule has 8 heteroatoms. The lowest BCUT2D eigenvalue weighted by Gasteiger charge is -2.39. The molecule has 2 aromatic rings. The van der Waals surface area contributed by atoms with Gasteiger partial charge >= 0.3 is 0 Å². The van der Waals surface area contributed by atoms with Gasteiger partial charge in [0.2, 0.25) is 11.8 Å². The number of anilines is 2. The van der Waals surface area contributed by atoms with Crippen LogP contribution < -0.4 is 15.4 Å². The van der Waals surface area contributed by atoms with Crippen LogP contribution in [0.2, 0.25) is 0 Å². The van der Waals surface area contributed by atoms with Crippen molar-refractivity contribution in [2.75, 3.05) is 43.9 Å². The molecule has 8 nitrogen and oxygen atoms in total. The summed E-state index contributed by atoms with van der Waals surface area (Å²) in [6.07, 6.45) is 5.57. The molecule has 1 saturated heterocycles. The van der Waals surface area contributed by atoms with Crippen LogP contribution in [0.25, 0.3) is 0 Å². The topological polar surface area (TPSA) is 91.0 Å². The summed E-state index contributed by atoms with van der Waals surface area (Å²) in [7, 11) is 1.56. The zero-order valence-corrected chi connectivity index (χ0v) is 21.2. The molecule has 4 rings (SSSR count). The third-order valence-electron chi connectivity index (χ3n) is 7.28. The van der Waals surface area contributed by atoms with Crippen molar-refractivity contribution in [3.63, 3.8) is 0 Å². The second-order valence-electron chi connectivity index (χ2n) is 9.59. The Morgan fingerprint density at radius 1 is 0.889 bits per heavy atom. The Balaban J connectivity index is 1.26. The third-order valence-corrected chi connectivity index (χ3v) is 7.28. The van der Waals surface area contributed by atoms with Gasteiger partial charge in [0.25, 0.3) is 5.91 Å². The van der Waals surface area contributed by atoms with Crippen LogP contribution in [0.4, 0.5) is 11.4 Å². The molecule has 1 saturated carbocycles. The summed E-state index contributed by atoms with van der Waals surface area (Å²) >= 11 is 0. The van der Waals surface area contributed by atoms with Crippen LogP contribution in [0.1, 0.15) is 49.4 Å². The molecule has 1 aliphatic carbocycles. The van der Waals surface area contributed by atoms with Crippen LogP contribution in [0.5, 0.6) is 5.75 Å². The number of piperazine rings is 1. The number of ether oxygens (including phenoxy) is 1. The van der Waals surface area contributed by atoms with Gasteiger partial charge in [-0.05, 0) is 56.2 Å². The van der Waals surface area contributed by atoms with E-state index in [-0.39, 0.29) is 23.8 Å². The number of nitrogens with zero attached hydrogens (tertiary/aromatic N) is 2. The molecule has 1 aliphatic heterocycles. The minimum atomic E-state index is -0.314. The molecule has 0 aromatic heterocycles. The molecule has 1 unspecified atom stereocenters. The fraction of sp³-hybridized carbons (Fsp3) is 0.464. The normalized spacial score (nSPS) is 17.8. The van der Waals surface area contributed by atoms with E-state index in [1.165, 1.54) is 6.42 Å². The zero-order chi connectivity index (χ0) is 25.5. The Labute approximate surface area is 213 Å². The predicted octanol–water partition coefficient (Wildman–Crippen LogP) is 4.00. The summed E-state index contributed by atoms with van der Waals surface area (Å²) in [6.45, 7) is 4.61. The number of nitrogens with one attached hydrogen (secondary N) is 2. The largest absolute Gasteiger partial charge is 0.495 e. The minimum absolute atomic E-state index is 0.103. The Morgan fingerprint density at radius 2 is 1.56 bits per heavy atom. The smallest absolute Gasteiger partial charge is 0.255 e. The maximum absolute atomic E-state index is 12.9. The summed E-state index contributed by atoms with van der Waals surface area (Å²) in [5.41, 5.74) is 1.70. The second kappa shape index (κ2) is 12.0. The van der Waals surface area contributed by atoms with E-state index in [1.807, 2.05) is 24.0 Å². The van der Waals surface area contributed by atoms with Crippen molar-refractivity contribution < 1.29 is 19.1 Å². The summed E-state index contributed by atoms with van der Waals surface area (Å²) < 4.78 is 5.28. The average molecular weight is 493 g/mol. The van der Waals surface area contributed by atoms with Crippen molar-refractivity contribution >= 4 is 29.1 Å². The van der Waals surface area contributed by atoms with Gasteiger partial charge in [-0.3, -0.25) is 19.3 Å². The lowest BCUT2D eigenvalue weighted by molar-refractivity contribution is -0.139. The predicted molar refractivity (Wildman–Crippen MR) is 140 cm³/mol. The molecule has 0 bridgehead atoms. The number of carbonyl (C=O) groups excluding carboxylic acids is 3. The van der Waals surface area contributed by atoms with Crippen molar-refractivity contribution in [1.29, 1.82) is 0 Å². The summed E-state index contributed by atoms with van der Waals surface area (Å²) in [4.78, 5) is 42.4. The van der Waals surface area contributed by atoms with Crippen LogP contribution in [0.15, 0.2) is 48.5 Å². The highest BCUT2D eigenvalue weighted by atomic mass is 16.5. The molecular formula is C28H36N4O4. The maximum atomic E-state index is 12.9.